The number of nitrogens with zero attached hydrogens (tertiary/aromatic N) is 2. The van der Waals surface area contributed by atoms with Crippen molar-refractivity contribution in [2.75, 3.05) is 25.0 Å². The van der Waals surface area contributed by atoms with E-state index in [0.717, 1.165) is 17.7 Å². The molecule has 2 aromatic rings. The number of urea groups is 1. The Morgan fingerprint density at radius 2 is 1.79 bits per heavy atom. The van der Waals surface area contributed by atoms with E-state index in [2.05, 4.69) is 5.32 Å². The molecule has 2 heterocycles. The van der Waals surface area contributed by atoms with Crippen LogP contribution in [0.2, 0.25) is 0 Å². The smallest absolute Gasteiger partial charge is 0.321 e. The predicted molar refractivity (Wildman–Crippen MR) is 100 cm³/mol. The predicted octanol–water partition coefficient (Wildman–Crippen LogP) is 3.65. The van der Waals surface area contributed by atoms with Crippen molar-refractivity contribution in [2.45, 2.75) is 13.0 Å². The molecule has 2 saturated heterocycles. The van der Waals surface area contributed by atoms with E-state index in [4.69, 9.17) is 0 Å². The summed E-state index contributed by atoms with van der Waals surface area (Å²) in [5.74, 6) is -1.19. The van der Waals surface area contributed by atoms with E-state index in [-0.39, 0.29) is 29.5 Å². The van der Waals surface area contributed by atoms with Gasteiger partial charge >= 0.3 is 6.03 Å². The summed E-state index contributed by atoms with van der Waals surface area (Å²) >= 11 is 0. The highest BCUT2D eigenvalue weighted by Crippen LogP contribution is 2.45. The number of nitrogens with one attached hydrogen (secondary N) is 1. The summed E-state index contributed by atoms with van der Waals surface area (Å²) in [6.07, 6.45) is 0. The van der Waals surface area contributed by atoms with Crippen LogP contribution < -0.4 is 5.32 Å². The number of amides is 3. The highest BCUT2D eigenvalue weighted by molar-refractivity contribution is 5.89. The molecule has 3 amide bonds. The second-order valence-electron chi connectivity index (χ2n) is 7.41. The second kappa shape index (κ2) is 7.22. The third kappa shape index (κ3) is 3.32. The zero-order chi connectivity index (χ0) is 19.8. The molecule has 0 radical (unpaired) electrons. The molecule has 0 aliphatic carbocycles. The van der Waals surface area contributed by atoms with Crippen LogP contribution in [0.25, 0.3) is 0 Å². The molecule has 1 N–H and O–H groups in total. The van der Waals surface area contributed by atoms with Gasteiger partial charge in [0.05, 0.1) is 11.7 Å². The molecule has 0 aromatic heterocycles. The fourth-order valence-electron chi connectivity index (χ4n) is 4.40. The minimum absolute atomic E-state index is 0.0210. The van der Waals surface area contributed by atoms with Crippen molar-refractivity contribution in [3.05, 3.63) is 65.7 Å². The maximum atomic E-state index is 13.8. The van der Waals surface area contributed by atoms with Gasteiger partial charge in [-0.05, 0) is 17.7 Å². The molecular formula is C21H21F2N3O2. The van der Waals surface area contributed by atoms with E-state index in [9.17, 15) is 18.4 Å². The van der Waals surface area contributed by atoms with Gasteiger partial charge in [-0.3, -0.25) is 4.79 Å². The molecule has 146 valence electrons. The van der Waals surface area contributed by atoms with Crippen molar-refractivity contribution in [1.29, 1.82) is 0 Å². The quantitative estimate of drug-likeness (QED) is 0.858. The van der Waals surface area contributed by atoms with Crippen LogP contribution in [0, 0.1) is 23.5 Å². The van der Waals surface area contributed by atoms with E-state index >= 15 is 0 Å². The summed E-state index contributed by atoms with van der Waals surface area (Å²) in [6, 6.07) is 12.4. The van der Waals surface area contributed by atoms with Crippen LogP contribution in [0.1, 0.15) is 18.5 Å². The van der Waals surface area contributed by atoms with Crippen LogP contribution in [-0.2, 0) is 4.79 Å². The van der Waals surface area contributed by atoms with Gasteiger partial charge in [0, 0.05) is 44.5 Å². The van der Waals surface area contributed by atoms with Crippen LogP contribution in [0.3, 0.4) is 0 Å². The highest BCUT2D eigenvalue weighted by atomic mass is 19.1. The number of hydrogen-bond acceptors (Lipinski definition) is 2. The lowest BCUT2D eigenvalue weighted by Crippen LogP contribution is -2.38. The van der Waals surface area contributed by atoms with Gasteiger partial charge in [-0.25, -0.2) is 13.6 Å². The van der Waals surface area contributed by atoms with Crippen molar-refractivity contribution >= 4 is 17.6 Å². The van der Waals surface area contributed by atoms with E-state index in [1.54, 1.807) is 11.8 Å². The molecule has 28 heavy (non-hydrogen) atoms. The summed E-state index contributed by atoms with van der Waals surface area (Å²) in [6.45, 7) is 3.13. The molecule has 0 spiro atoms. The number of carbonyl (C=O) groups excluding carboxylic acids is 2. The first-order valence-corrected chi connectivity index (χ1v) is 9.27. The number of fused-ring (bicyclic) bond motifs is 1. The molecule has 0 unspecified atom stereocenters. The number of benzene rings is 2. The van der Waals surface area contributed by atoms with Gasteiger partial charge in [-0.2, -0.15) is 0 Å². The van der Waals surface area contributed by atoms with Crippen molar-refractivity contribution in [2.24, 2.45) is 11.8 Å². The Labute approximate surface area is 161 Å². The number of halogens is 2. The molecule has 2 fully saturated rings. The SMILES string of the molecule is CC(=O)N1C[C@H]2CN(C(=O)Nc3ccc(F)cc3F)C[C@H]2[C@@H]1c1ccccc1. The van der Waals surface area contributed by atoms with E-state index < -0.39 is 17.7 Å². The summed E-state index contributed by atoms with van der Waals surface area (Å²) in [7, 11) is 0. The van der Waals surface area contributed by atoms with Crippen LogP contribution in [0.5, 0.6) is 0 Å². The fraction of sp³-hybridized carbons (Fsp3) is 0.333. The van der Waals surface area contributed by atoms with Crippen LogP contribution >= 0.6 is 0 Å². The standard InChI is InChI=1S/C21H21F2N3O2/c1-13(27)26-11-15-10-25(12-17(15)20(26)14-5-3-2-4-6-14)21(28)24-19-8-7-16(22)9-18(19)23/h2-9,15,17,20H,10-12H2,1H3,(H,24,28)/t15-,17-,20+/m1/s1. The minimum Gasteiger partial charge on any atom is -0.335 e. The maximum Gasteiger partial charge on any atom is 0.321 e. The number of likely N-dealkylation sites (tertiary alicyclic amines) is 2. The fourth-order valence-corrected chi connectivity index (χ4v) is 4.40. The third-order valence-corrected chi connectivity index (χ3v) is 5.67. The molecule has 0 bridgehead atoms. The zero-order valence-corrected chi connectivity index (χ0v) is 15.4. The minimum atomic E-state index is -0.808. The van der Waals surface area contributed by atoms with E-state index in [1.807, 2.05) is 35.2 Å². The Balaban J connectivity index is 1.51. The second-order valence-corrected chi connectivity index (χ2v) is 7.41. The Hall–Kier alpha value is -2.96. The van der Waals surface area contributed by atoms with Crippen LogP contribution in [0.4, 0.5) is 19.3 Å². The molecule has 3 atom stereocenters. The zero-order valence-electron chi connectivity index (χ0n) is 15.4. The van der Waals surface area contributed by atoms with Crippen LogP contribution in [-0.4, -0.2) is 41.4 Å². The first-order valence-electron chi connectivity index (χ1n) is 9.27. The Morgan fingerprint density at radius 1 is 1.04 bits per heavy atom. The van der Waals surface area contributed by atoms with Crippen molar-refractivity contribution in [3.63, 3.8) is 0 Å². The van der Waals surface area contributed by atoms with Crippen molar-refractivity contribution in [3.8, 4) is 0 Å². The lowest BCUT2D eigenvalue weighted by molar-refractivity contribution is -0.130. The van der Waals surface area contributed by atoms with Crippen LogP contribution in [0.15, 0.2) is 48.5 Å². The molecule has 2 aliphatic heterocycles. The topological polar surface area (TPSA) is 52.7 Å². The summed E-state index contributed by atoms with van der Waals surface area (Å²) in [4.78, 5) is 28.3. The number of carbonyl (C=O) groups is 2. The highest BCUT2D eigenvalue weighted by Gasteiger charge is 2.49. The van der Waals surface area contributed by atoms with Gasteiger partial charge in [0.1, 0.15) is 11.6 Å². The Kier molecular flexibility index (Phi) is 4.75. The third-order valence-electron chi connectivity index (χ3n) is 5.67. The number of hydrogen-bond donors (Lipinski definition) is 1. The molecule has 2 aromatic carbocycles. The maximum absolute atomic E-state index is 13.8. The van der Waals surface area contributed by atoms with Gasteiger partial charge in [0.15, 0.2) is 0 Å². The normalized spacial score (nSPS) is 23.6. The Bertz CT molecular complexity index is 906. The first-order chi connectivity index (χ1) is 13.4. The van der Waals surface area contributed by atoms with E-state index in [1.165, 1.54) is 6.07 Å². The molecule has 7 heteroatoms. The van der Waals surface area contributed by atoms with Gasteiger partial charge in [-0.1, -0.05) is 30.3 Å². The van der Waals surface area contributed by atoms with Gasteiger partial charge in [-0.15, -0.1) is 0 Å². The van der Waals surface area contributed by atoms with Crippen molar-refractivity contribution < 1.29 is 18.4 Å². The summed E-state index contributed by atoms with van der Waals surface area (Å²) < 4.78 is 26.9. The van der Waals surface area contributed by atoms with Crippen molar-refractivity contribution in [1.82, 2.24) is 9.80 Å². The number of rotatable bonds is 2. The first kappa shape index (κ1) is 18.4. The lowest BCUT2D eigenvalue weighted by Gasteiger charge is -2.29. The summed E-state index contributed by atoms with van der Waals surface area (Å²) in [5.41, 5.74) is 1.01. The molecule has 0 saturated carbocycles. The van der Waals surface area contributed by atoms with Gasteiger partial charge < -0.3 is 15.1 Å². The largest absolute Gasteiger partial charge is 0.335 e. The van der Waals surface area contributed by atoms with E-state index in [0.29, 0.717) is 19.6 Å². The molecule has 2 aliphatic rings. The summed E-state index contributed by atoms with van der Waals surface area (Å²) in [5, 5.41) is 2.52. The van der Waals surface area contributed by atoms with Gasteiger partial charge in [0.2, 0.25) is 5.91 Å². The molecule has 5 nitrogen and oxygen atoms in total. The average Bonchev–Trinajstić information content (AvgIpc) is 3.22. The molecule has 4 rings (SSSR count). The monoisotopic (exact) mass is 385 g/mol. The lowest BCUT2D eigenvalue weighted by atomic mass is 9.89. The van der Waals surface area contributed by atoms with Gasteiger partial charge in [0.25, 0.3) is 0 Å². The Morgan fingerprint density at radius 3 is 2.46 bits per heavy atom. The average molecular weight is 385 g/mol. The number of anilines is 1. The molecular weight excluding hydrogens is 364 g/mol.